The summed E-state index contributed by atoms with van der Waals surface area (Å²) >= 11 is 0. The molecule has 3 heteroatoms. The number of aromatic nitrogens is 1. The normalized spacial score (nSPS) is 22.8. The van der Waals surface area contributed by atoms with E-state index in [1.165, 1.54) is 5.69 Å². The van der Waals surface area contributed by atoms with Crippen LogP contribution >= 0.6 is 0 Å². The number of hydrogen-bond acceptors (Lipinski definition) is 1. The zero-order valence-electron chi connectivity index (χ0n) is 8.03. The van der Waals surface area contributed by atoms with Crippen LogP contribution in [0.4, 0.5) is 0 Å². The van der Waals surface area contributed by atoms with Gasteiger partial charge in [-0.3, -0.25) is 4.79 Å². The Hall–Kier alpha value is -1.25. The first kappa shape index (κ1) is 8.35. The van der Waals surface area contributed by atoms with Crippen molar-refractivity contribution in [3.05, 3.63) is 24.0 Å². The molecular weight excluding hydrogens is 164 g/mol. The van der Waals surface area contributed by atoms with Crippen LogP contribution in [0.15, 0.2) is 18.3 Å². The largest absolute Gasteiger partial charge is 0.353 e. The Bertz CT molecular complexity index is 329. The van der Waals surface area contributed by atoms with Gasteiger partial charge in [0.25, 0.3) is 0 Å². The number of likely N-dealkylation sites (tertiary alicyclic amines) is 1. The molecule has 70 valence electrons. The van der Waals surface area contributed by atoms with E-state index < -0.39 is 0 Å². The number of rotatable bonds is 1. The summed E-state index contributed by atoms with van der Waals surface area (Å²) in [6.45, 7) is 0. The Morgan fingerprint density at radius 1 is 1.46 bits per heavy atom. The minimum absolute atomic E-state index is 0.256. The van der Waals surface area contributed by atoms with E-state index in [0.717, 1.165) is 6.42 Å². The summed E-state index contributed by atoms with van der Waals surface area (Å²) in [6, 6.07) is 4.39. The molecule has 1 saturated heterocycles. The van der Waals surface area contributed by atoms with Crippen LogP contribution in [0.25, 0.3) is 0 Å². The van der Waals surface area contributed by atoms with Crippen molar-refractivity contribution >= 4 is 5.91 Å². The number of nitrogens with zero attached hydrogens (tertiary/aromatic N) is 2. The predicted octanol–water partition coefficient (Wildman–Crippen LogP) is 1.32. The number of carbonyl (C=O) groups is 1. The molecule has 1 atom stereocenters. The zero-order valence-corrected chi connectivity index (χ0v) is 8.03. The van der Waals surface area contributed by atoms with Crippen LogP contribution in [-0.2, 0) is 11.8 Å². The third kappa shape index (κ3) is 1.24. The van der Waals surface area contributed by atoms with Gasteiger partial charge in [-0.2, -0.15) is 0 Å². The first-order chi connectivity index (χ1) is 6.20. The van der Waals surface area contributed by atoms with E-state index in [4.69, 9.17) is 0 Å². The fourth-order valence-corrected chi connectivity index (χ4v) is 1.97. The number of aryl methyl sites for hydroxylation is 1. The van der Waals surface area contributed by atoms with E-state index in [1.54, 1.807) is 0 Å². The minimum Gasteiger partial charge on any atom is -0.353 e. The molecular formula is C10H14N2O. The first-order valence-electron chi connectivity index (χ1n) is 4.57. The summed E-state index contributed by atoms with van der Waals surface area (Å²) in [4.78, 5) is 13.2. The Labute approximate surface area is 78.0 Å². The van der Waals surface area contributed by atoms with Crippen LogP contribution in [0, 0.1) is 0 Å². The first-order valence-corrected chi connectivity index (χ1v) is 4.57. The van der Waals surface area contributed by atoms with Crippen molar-refractivity contribution in [2.75, 3.05) is 7.05 Å². The van der Waals surface area contributed by atoms with E-state index >= 15 is 0 Å². The second kappa shape index (κ2) is 2.91. The van der Waals surface area contributed by atoms with E-state index in [1.807, 2.05) is 31.3 Å². The van der Waals surface area contributed by atoms with Gasteiger partial charge in [0.2, 0.25) is 5.91 Å². The third-order valence-corrected chi connectivity index (χ3v) is 2.82. The average Bonchev–Trinajstić information content (AvgIpc) is 2.62. The molecule has 0 aliphatic carbocycles. The molecule has 2 rings (SSSR count). The van der Waals surface area contributed by atoms with E-state index in [2.05, 4.69) is 10.6 Å². The lowest BCUT2D eigenvalue weighted by Crippen LogP contribution is -2.23. The minimum atomic E-state index is 0.256. The fourth-order valence-electron chi connectivity index (χ4n) is 1.97. The zero-order chi connectivity index (χ0) is 9.42. The summed E-state index contributed by atoms with van der Waals surface area (Å²) in [6.07, 6.45) is 3.66. The van der Waals surface area contributed by atoms with E-state index in [9.17, 15) is 4.79 Å². The molecule has 0 aromatic carbocycles. The van der Waals surface area contributed by atoms with Gasteiger partial charge in [0.05, 0.1) is 6.04 Å². The third-order valence-electron chi connectivity index (χ3n) is 2.82. The Morgan fingerprint density at radius 3 is 2.69 bits per heavy atom. The highest BCUT2D eigenvalue weighted by atomic mass is 16.2. The lowest BCUT2D eigenvalue weighted by Gasteiger charge is -2.20. The molecule has 1 fully saturated rings. The molecule has 0 spiro atoms. The van der Waals surface area contributed by atoms with Crippen molar-refractivity contribution in [1.82, 2.24) is 9.47 Å². The molecule has 0 N–H and O–H groups in total. The van der Waals surface area contributed by atoms with Gasteiger partial charge in [-0.1, -0.05) is 0 Å². The highest BCUT2D eigenvalue weighted by Crippen LogP contribution is 2.30. The molecule has 13 heavy (non-hydrogen) atoms. The van der Waals surface area contributed by atoms with E-state index in [0.29, 0.717) is 6.42 Å². The predicted molar refractivity (Wildman–Crippen MR) is 50.2 cm³/mol. The highest BCUT2D eigenvalue weighted by molar-refractivity contribution is 5.78. The Kier molecular flexibility index (Phi) is 1.87. The van der Waals surface area contributed by atoms with Crippen LogP contribution in [0.3, 0.4) is 0 Å². The van der Waals surface area contributed by atoms with Gasteiger partial charge in [0.1, 0.15) is 0 Å². The SMILES string of the molecule is CN1C(=O)CCC1c1cccn1C. The molecule has 1 unspecified atom stereocenters. The summed E-state index contributed by atoms with van der Waals surface area (Å²) in [5.74, 6) is 0.256. The monoisotopic (exact) mass is 178 g/mol. The van der Waals surface area contributed by atoms with Crippen molar-refractivity contribution < 1.29 is 4.79 Å². The van der Waals surface area contributed by atoms with Crippen LogP contribution in [-0.4, -0.2) is 22.4 Å². The summed E-state index contributed by atoms with van der Waals surface area (Å²) in [7, 11) is 3.90. The molecule has 1 aromatic heterocycles. The second-order valence-corrected chi connectivity index (χ2v) is 3.60. The van der Waals surface area contributed by atoms with Crippen molar-refractivity contribution in [2.45, 2.75) is 18.9 Å². The van der Waals surface area contributed by atoms with Crippen LogP contribution in [0.2, 0.25) is 0 Å². The molecule has 0 bridgehead atoms. The molecule has 1 aromatic rings. The lowest BCUT2D eigenvalue weighted by atomic mass is 10.1. The van der Waals surface area contributed by atoms with Crippen molar-refractivity contribution in [3.63, 3.8) is 0 Å². The van der Waals surface area contributed by atoms with Gasteiger partial charge < -0.3 is 9.47 Å². The van der Waals surface area contributed by atoms with Gasteiger partial charge in [0, 0.05) is 32.4 Å². The Morgan fingerprint density at radius 2 is 2.23 bits per heavy atom. The smallest absolute Gasteiger partial charge is 0.222 e. The van der Waals surface area contributed by atoms with Gasteiger partial charge in [0.15, 0.2) is 0 Å². The number of carbonyl (C=O) groups excluding carboxylic acids is 1. The molecule has 3 nitrogen and oxygen atoms in total. The Balaban J connectivity index is 2.28. The summed E-state index contributed by atoms with van der Waals surface area (Å²) < 4.78 is 2.08. The van der Waals surface area contributed by atoms with Gasteiger partial charge in [-0.25, -0.2) is 0 Å². The van der Waals surface area contributed by atoms with Crippen molar-refractivity contribution in [1.29, 1.82) is 0 Å². The van der Waals surface area contributed by atoms with Crippen LogP contribution in [0.1, 0.15) is 24.6 Å². The molecule has 1 aliphatic heterocycles. The average molecular weight is 178 g/mol. The molecule has 1 aliphatic rings. The summed E-state index contributed by atoms with van der Waals surface area (Å²) in [5.41, 5.74) is 1.23. The maximum absolute atomic E-state index is 11.3. The van der Waals surface area contributed by atoms with Gasteiger partial charge in [-0.05, 0) is 18.6 Å². The summed E-state index contributed by atoms with van der Waals surface area (Å²) in [5, 5.41) is 0. The van der Waals surface area contributed by atoms with Crippen LogP contribution < -0.4 is 0 Å². The van der Waals surface area contributed by atoms with Gasteiger partial charge >= 0.3 is 0 Å². The number of amides is 1. The maximum atomic E-state index is 11.3. The van der Waals surface area contributed by atoms with Gasteiger partial charge in [-0.15, -0.1) is 0 Å². The standard InChI is InChI=1S/C10H14N2O/c1-11-7-3-4-8(11)9-5-6-10(13)12(9)2/h3-4,7,9H,5-6H2,1-2H3. The highest BCUT2D eigenvalue weighted by Gasteiger charge is 2.29. The lowest BCUT2D eigenvalue weighted by molar-refractivity contribution is -0.127. The van der Waals surface area contributed by atoms with E-state index in [-0.39, 0.29) is 11.9 Å². The molecule has 0 saturated carbocycles. The topological polar surface area (TPSA) is 25.2 Å². The van der Waals surface area contributed by atoms with Crippen LogP contribution in [0.5, 0.6) is 0 Å². The van der Waals surface area contributed by atoms with Crippen molar-refractivity contribution in [2.24, 2.45) is 7.05 Å². The quantitative estimate of drug-likeness (QED) is 0.636. The molecule has 1 amide bonds. The fraction of sp³-hybridized carbons (Fsp3) is 0.500. The second-order valence-electron chi connectivity index (χ2n) is 3.60. The molecule has 2 heterocycles. The van der Waals surface area contributed by atoms with Crippen molar-refractivity contribution in [3.8, 4) is 0 Å². The maximum Gasteiger partial charge on any atom is 0.222 e. The molecule has 0 radical (unpaired) electrons. The number of hydrogen-bond donors (Lipinski definition) is 0.